The van der Waals surface area contributed by atoms with E-state index in [4.69, 9.17) is 4.74 Å². The lowest BCUT2D eigenvalue weighted by molar-refractivity contribution is -0.00113. The Kier molecular flexibility index (Phi) is 6.18. The van der Waals surface area contributed by atoms with E-state index in [-0.39, 0.29) is 17.6 Å². The van der Waals surface area contributed by atoms with Gasteiger partial charge in [0.15, 0.2) is 0 Å². The van der Waals surface area contributed by atoms with Gasteiger partial charge >= 0.3 is 0 Å². The summed E-state index contributed by atoms with van der Waals surface area (Å²) in [6, 6.07) is 0. The molecule has 1 N–H and O–H groups in total. The molecule has 0 heterocycles. The predicted octanol–water partition coefficient (Wildman–Crippen LogP) is 2.58. The Hall–Kier alpha value is 0.400. The lowest BCUT2D eigenvalue weighted by Gasteiger charge is -2.34. The zero-order valence-electron chi connectivity index (χ0n) is 9.01. The van der Waals surface area contributed by atoms with Crippen LogP contribution in [0.15, 0.2) is 0 Å². The first-order valence-electron chi connectivity index (χ1n) is 4.77. The highest BCUT2D eigenvalue weighted by molar-refractivity contribution is 9.09. The lowest BCUT2D eigenvalue weighted by Crippen LogP contribution is -2.36. The first-order valence-corrected chi connectivity index (χ1v) is 5.89. The third kappa shape index (κ3) is 3.96. The van der Waals surface area contributed by atoms with E-state index in [0.717, 1.165) is 12.8 Å². The second-order valence-electron chi connectivity index (χ2n) is 3.93. The highest BCUT2D eigenvalue weighted by Gasteiger charge is 2.32. The number of halogens is 1. The van der Waals surface area contributed by atoms with Crippen molar-refractivity contribution < 1.29 is 9.84 Å². The number of hydrogen-bond acceptors (Lipinski definition) is 2. The van der Waals surface area contributed by atoms with Crippen LogP contribution in [-0.2, 0) is 4.74 Å². The first-order chi connectivity index (χ1) is 6.00. The number of aliphatic hydroxyl groups is 1. The molecule has 3 atom stereocenters. The summed E-state index contributed by atoms with van der Waals surface area (Å²) in [6.45, 7) is 6.25. The van der Waals surface area contributed by atoms with E-state index < -0.39 is 0 Å². The van der Waals surface area contributed by atoms with Gasteiger partial charge in [0, 0.05) is 12.4 Å². The first kappa shape index (κ1) is 13.4. The van der Waals surface area contributed by atoms with Crippen molar-refractivity contribution in [3.8, 4) is 0 Å². The van der Waals surface area contributed by atoms with Gasteiger partial charge < -0.3 is 9.84 Å². The normalized spacial score (nSPS) is 20.8. The van der Waals surface area contributed by atoms with Crippen molar-refractivity contribution in [2.75, 3.05) is 12.4 Å². The summed E-state index contributed by atoms with van der Waals surface area (Å²) in [7, 11) is 1.71. The van der Waals surface area contributed by atoms with E-state index in [2.05, 4.69) is 29.8 Å². The molecule has 0 fully saturated rings. The zero-order chi connectivity index (χ0) is 10.5. The van der Waals surface area contributed by atoms with Crippen LogP contribution < -0.4 is 0 Å². The molecule has 0 amide bonds. The predicted molar refractivity (Wildman–Crippen MR) is 59.3 cm³/mol. The van der Waals surface area contributed by atoms with Gasteiger partial charge in [-0.25, -0.2) is 0 Å². The molecular formula is C10H21BrO2. The van der Waals surface area contributed by atoms with Gasteiger partial charge in [0.05, 0.1) is 12.2 Å². The van der Waals surface area contributed by atoms with Gasteiger partial charge in [-0.3, -0.25) is 0 Å². The molecule has 0 aliphatic heterocycles. The third-order valence-corrected chi connectivity index (χ3v) is 3.53. The molecule has 0 bridgehead atoms. The van der Waals surface area contributed by atoms with Crippen molar-refractivity contribution in [2.24, 2.45) is 5.41 Å². The van der Waals surface area contributed by atoms with Crippen LogP contribution >= 0.6 is 15.9 Å². The monoisotopic (exact) mass is 252 g/mol. The number of methoxy groups -OCH3 is 1. The van der Waals surface area contributed by atoms with Crippen LogP contribution in [0.2, 0.25) is 0 Å². The Morgan fingerprint density at radius 3 is 2.38 bits per heavy atom. The summed E-state index contributed by atoms with van der Waals surface area (Å²) in [4.78, 5) is 0. The molecule has 0 radical (unpaired) electrons. The van der Waals surface area contributed by atoms with Crippen LogP contribution in [0.5, 0.6) is 0 Å². The van der Waals surface area contributed by atoms with E-state index in [9.17, 15) is 5.11 Å². The molecule has 0 rings (SSSR count). The van der Waals surface area contributed by atoms with E-state index in [1.807, 2.05) is 6.92 Å². The van der Waals surface area contributed by atoms with Crippen LogP contribution in [0.25, 0.3) is 0 Å². The minimum absolute atomic E-state index is 0.0427. The zero-order valence-corrected chi connectivity index (χ0v) is 10.6. The number of alkyl halides is 1. The third-order valence-electron chi connectivity index (χ3n) is 2.91. The number of ether oxygens (including phenoxy) is 1. The van der Waals surface area contributed by atoms with Crippen LogP contribution in [-0.4, -0.2) is 29.8 Å². The van der Waals surface area contributed by atoms with E-state index >= 15 is 0 Å². The van der Waals surface area contributed by atoms with Crippen LogP contribution in [0.1, 0.15) is 33.6 Å². The van der Waals surface area contributed by atoms with Gasteiger partial charge in [-0.05, 0) is 25.2 Å². The number of hydrogen-bond donors (Lipinski definition) is 1. The molecule has 0 aromatic carbocycles. The highest BCUT2D eigenvalue weighted by atomic mass is 79.9. The molecule has 0 aliphatic carbocycles. The molecule has 0 saturated heterocycles. The molecule has 0 aromatic rings. The fraction of sp³-hybridized carbons (Fsp3) is 1.00. The van der Waals surface area contributed by atoms with Gasteiger partial charge in [0.25, 0.3) is 0 Å². The second-order valence-corrected chi connectivity index (χ2v) is 4.58. The molecule has 0 aromatic heterocycles. The summed E-state index contributed by atoms with van der Waals surface area (Å²) in [5, 5.41) is 10.5. The SMILES string of the molecule is CCC(C)(CC(C)OC)C(O)CBr. The number of rotatable bonds is 6. The van der Waals surface area contributed by atoms with E-state index in [0.29, 0.717) is 5.33 Å². The summed E-state index contributed by atoms with van der Waals surface area (Å²) >= 11 is 3.31. The molecule has 2 nitrogen and oxygen atoms in total. The maximum absolute atomic E-state index is 9.82. The smallest absolute Gasteiger partial charge is 0.0691 e. The van der Waals surface area contributed by atoms with Crippen molar-refractivity contribution in [1.29, 1.82) is 0 Å². The average molecular weight is 253 g/mol. The van der Waals surface area contributed by atoms with Crippen molar-refractivity contribution >= 4 is 15.9 Å². The maximum atomic E-state index is 9.82. The average Bonchev–Trinajstić information content (AvgIpc) is 2.15. The quantitative estimate of drug-likeness (QED) is 0.737. The fourth-order valence-corrected chi connectivity index (χ4v) is 2.22. The Balaban J connectivity index is 4.26. The van der Waals surface area contributed by atoms with Crippen molar-refractivity contribution in [2.45, 2.75) is 45.8 Å². The van der Waals surface area contributed by atoms with Crippen molar-refractivity contribution in [1.82, 2.24) is 0 Å². The van der Waals surface area contributed by atoms with Gasteiger partial charge in [-0.15, -0.1) is 0 Å². The van der Waals surface area contributed by atoms with Crippen molar-refractivity contribution in [3.05, 3.63) is 0 Å². The molecule has 0 saturated carbocycles. The van der Waals surface area contributed by atoms with Gasteiger partial charge in [0.1, 0.15) is 0 Å². The summed E-state index contributed by atoms with van der Waals surface area (Å²) in [6.07, 6.45) is 1.77. The molecule has 3 heteroatoms. The summed E-state index contributed by atoms with van der Waals surface area (Å²) in [5.74, 6) is 0. The molecule has 0 spiro atoms. The minimum atomic E-state index is -0.296. The van der Waals surface area contributed by atoms with E-state index in [1.54, 1.807) is 7.11 Å². The number of aliphatic hydroxyl groups excluding tert-OH is 1. The van der Waals surface area contributed by atoms with E-state index in [1.165, 1.54) is 0 Å². The van der Waals surface area contributed by atoms with Gasteiger partial charge in [-0.2, -0.15) is 0 Å². The van der Waals surface area contributed by atoms with Gasteiger partial charge in [0.2, 0.25) is 0 Å². The second kappa shape index (κ2) is 5.99. The van der Waals surface area contributed by atoms with Crippen LogP contribution in [0, 0.1) is 5.41 Å². The molecular weight excluding hydrogens is 232 g/mol. The summed E-state index contributed by atoms with van der Waals surface area (Å²) in [5.41, 5.74) is -0.0427. The van der Waals surface area contributed by atoms with Crippen LogP contribution in [0.3, 0.4) is 0 Å². The Morgan fingerprint density at radius 2 is 2.08 bits per heavy atom. The largest absolute Gasteiger partial charge is 0.392 e. The Labute approximate surface area is 89.8 Å². The van der Waals surface area contributed by atoms with Crippen LogP contribution in [0.4, 0.5) is 0 Å². The maximum Gasteiger partial charge on any atom is 0.0691 e. The molecule has 80 valence electrons. The Morgan fingerprint density at radius 1 is 1.54 bits per heavy atom. The standard InChI is InChI=1S/C10H21BrO2/c1-5-10(3,9(12)7-11)6-8(2)13-4/h8-9,12H,5-7H2,1-4H3. The lowest BCUT2D eigenvalue weighted by atomic mass is 9.77. The molecule has 0 aliphatic rings. The Bertz CT molecular complexity index is 141. The minimum Gasteiger partial charge on any atom is -0.392 e. The topological polar surface area (TPSA) is 29.5 Å². The highest BCUT2D eigenvalue weighted by Crippen LogP contribution is 2.33. The van der Waals surface area contributed by atoms with Gasteiger partial charge in [-0.1, -0.05) is 29.8 Å². The van der Waals surface area contributed by atoms with Crippen molar-refractivity contribution in [3.63, 3.8) is 0 Å². The molecule has 13 heavy (non-hydrogen) atoms. The summed E-state index contributed by atoms with van der Waals surface area (Å²) < 4.78 is 5.22. The fourth-order valence-electron chi connectivity index (χ4n) is 1.44. The molecule has 3 unspecified atom stereocenters.